The smallest absolute Gasteiger partial charge is 0.224 e. The van der Waals surface area contributed by atoms with Crippen molar-refractivity contribution in [2.24, 2.45) is 0 Å². The van der Waals surface area contributed by atoms with Crippen molar-refractivity contribution >= 4 is 5.91 Å². The predicted octanol–water partition coefficient (Wildman–Crippen LogP) is 0.413. The number of carbonyl (C=O) groups is 1. The molecule has 0 aliphatic carbocycles. The molecular formula is C12H16N2O2. The van der Waals surface area contributed by atoms with Gasteiger partial charge in [-0.05, 0) is 30.7 Å². The Labute approximate surface area is 94.7 Å². The molecule has 0 bridgehead atoms. The van der Waals surface area contributed by atoms with Crippen LogP contribution in [-0.2, 0) is 11.2 Å². The molecule has 1 aromatic carbocycles. The number of phenolic OH excluding ortho intramolecular Hbond substituents is 1. The van der Waals surface area contributed by atoms with E-state index in [1.807, 2.05) is 6.07 Å². The van der Waals surface area contributed by atoms with Gasteiger partial charge >= 0.3 is 0 Å². The maximum atomic E-state index is 11.7. The Kier molecular flexibility index (Phi) is 3.41. The molecule has 0 aromatic heterocycles. The van der Waals surface area contributed by atoms with Crippen molar-refractivity contribution in [3.8, 4) is 5.75 Å². The van der Waals surface area contributed by atoms with Crippen LogP contribution >= 0.6 is 0 Å². The molecule has 1 atom stereocenters. The third-order valence-corrected chi connectivity index (χ3v) is 2.70. The molecule has 2 rings (SSSR count). The van der Waals surface area contributed by atoms with Gasteiger partial charge in [0.1, 0.15) is 5.75 Å². The maximum Gasteiger partial charge on any atom is 0.224 e. The van der Waals surface area contributed by atoms with Gasteiger partial charge in [-0.3, -0.25) is 4.79 Å². The fourth-order valence-corrected chi connectivity index (χ4v) is 1.91. The van der Waals surface area contributed by atoms with Crippen molar-refractivity contribution in [3.63, 3.8) is 0 Å². The molecule has 1 amide bonds. The lowest BCUT2D eigenvalue weighted by Crippen LogP contribution is -2.37. The van der Waals surface area contributed by atoms with Crippen LogP contribution in [0.25, 0.3) is 0 Å². The summed E-state index contributed by atoms with van der Waals surface area (Å²) >= 11 is 0. The Morgan fingerprint density at radius 1 is 1.56 bits per heavy atom. The summed E-state index contributed by atoms with van der Waals surface area (Å²) in [6.45, 7) is 1.82. The SMILES string of the molecule is O=C(Cc1cccc(O)c1)N[C@@H]1CCNC1. The van der Waals surface area contributed by atoms with Crippen molar-refractivity contribution in [2.75, 3.05) is 13.1 Å². The van der Waals surface area contributed by atoms with Crippen LogP contribution in [-0.4, -0.2) is 30.1 Å². The molecule has 3 N–H and O–H groups in total. The first kappa shape index (κ1) is 11.0. The highest BCUT2D eigenvalue weighted by Crippen LogP contribution is 2.11. The van der Waals surface area contributed by atoms with Crippen molar-refractivity contribution < 1.29 is 9.90 Å². The highest BCUT2D eigenvalue weighted by molar-refractivity contribution is 5.79. The lowest BCUT2D eigenvalue weighted by molar-refractivity contribution is -0.121. The molecule has 1 fully saturated rings. The summed E-state index contributed by atoms with van der Waals surface area (Å²) in [5.41, 5.74) is 0.837. The Balaban J connectivity index is 1.86. The van der Waals surface area contributed by atoms with Crippen LogP contribution < -0.4 is 10.6 Å². The van der Waals surface area contributed by atoms with Gasteiger partial charge in [-0.2, -0.15) is 0 Å². The topological polar surface area (TPSA) is 61.4 Å². The molecule has 0 unspecified atom stereocenters. The molecule has 4 nitrogen and oxygen atoms in total. The zero-order valence-electron chi connectivity index (χ0n) is 9.07. The van der Waals surface area contributed by atoms with E-state index in [-0.39, 0.29) is 17.7 Å². The highest BCUT2D eigenvalue weighted by atomic mass is 16.3. The minimum absolute atomic E-state index is 0.0132. The number of nitrogens with one attached hydrogen (secondary N) is 2. The summed E-state index contributed by atoms with van der Waals surface area (Å²) in [6, 6.07) is 7.06. The van der Waals surface area contributed by atoms with Gasteiger partial charge in [-0.25, -0.2) is 0 Å². The number of hydrogen-bond donors (Lipinski definition) is 3. The number of benzene rings is 1. The first-order valence-corrected chi connectivity index (χ1v) is 5.52. The minimum Gasteiger partial charge on any atom is -0.508 e. The molecule has 86 valence electrons. The van der Waals surface area contributed by atoms with E-state index in [4.69, 9.17) is 0 Å². The number of rotatable bonds is 3. The van der Waals surface area contributed by atoms with Crippen LogP contribution in [0.1, 0.15) is 12.0 Å². The molecule has 0 spiro atoms. The standard InChI is InChI=1S/C12H16N2O2/c15-11-3-1-2-9(6-11)7-12(16)14-10-4-5-13-8-10/h1-3,6,10,13,15H,4-5,7-8H2,(H,14,16)/t10-/m1/s1. The molecule has 1 aliphatic rings. The van der Waals surface area contributed by atoms with Gasteiger partial charge < -0.3 is 15.7 Å². The zero-order valence-corrected chi connectivity index (χ0v) is 9.07. The first-order valence-electron chi connectivity index (χ1n) is 5.52. The van der Waals surface area contributed by atoms with Gasteiger partial charge in [-0.1, -0.05) is 12.1 Å². The molecule has 0 saturated carbocycles. The van der Waals surface area contributed by atoms with Gasteiger partial charge in [0.05, 0.1) is 6.42 Å². The van der Waals surface area contributed by atoms with E-state index in [0.29, 0.717) is 6.42 Å². The van der Waals surface area contributed by atoms with Crippen molar-refractivity contribution in [1.29, 1.82) is 0 Å². The summed E-state index contributed by atoms with van der Waals surface area (Å²) in [4.78, 5) is 11.7. The summed E-state index contributed by atoms with van der Waals surface area (Å²) in [6.07, 6.45) is 1.32. The van der Waals surface area contributed by atoms with E-state index in [9.17, 15) is 9.90 Å². The summed E-state index contributed by atoms with van der Waals surface area (Å²) in [5.74, 6) is 0.215. The number of carbonyl (C=O) groups excluding carboxylic acids is 1. The van der Waals surface area contributed by atoms with Crippen LogP contribution in [0, 0.1) is 0 Å². The fraction of sp³-hybridized carbons (Fsp3) is 0.417. The summed E-state index contributed by atoms with van der Waals surface area (Å²) < 4.78 is 0. The molecule has 1 aliphatic heterocycles. The summed E-state index contributed by atoms with van der Waals surface area (Å²) in [7, 11) is 0. The van der Waals surface area contributed by atoms with Crippen LogP contribution in [0.5, 0.6) is 5.75 Å². The van der Waals surface area contributed by atoms with E-state index < -0.39 is 0 Å². The van der Waals surface area contributed by atoms with E-state index in [1.54, 1.807) is 18.2 Å². The molecule has 4 heteroatoms. The lowest BCUT2D eigenvalue weighted by Gasteiger charge is -2.11. The molecular weight excluding hydrogens is 204 g/mol. The maximum absolute atomic E-state index is 11.7. The fourth-order valence-electron chi connectivity index (χ4n) is 1.91. The molecule has 1 saturated heterocycles. The highest BCUT2D eigenvalue weighted by Gasteiger charge is 2.16. The molecule has 16 heavy (non-hydrogen) atoms. The Morgan fingerprint density at radius 2 is 2.44 bits per heavy atom. The van der Waals surface area contributed by atoms with Crippen LogP contribution in [0.2, 0.25) is 0 Å². The van der Waals surface area contributed by atoms with Crippen molar-refractivity contribution in [3.05, 3.63) is 29.8 Å². The Morgan fingerprint density at radius 3 is 3.12 bits per heavy atom. The predicted molar refractivity (Wildman–Crippen MR) is 61.2 cm³/mol. The molecule has 0 radical (unpaired) electrons. The van der Waals surface area contributed by atoms with Gasteiger partial charge in [0.15, 0.2) is 0 Å². The molecule has 1 heterocycles. The van der Waals surface area contributed by atoms with Gasteiger partial charge in [0.2, 0.25) is 5.91 Å². The average molecular weight is 220 g/mol. The normalized spacial score (nSPS) is 19.6. The van der Waals surface area contributed by atoms with Crippen molar-refractivity contribution in [1.82, 2.24) is 10.6 Å². The second kappa shape index (κ2) is 4.99. The van der Waals surface area contributed by atoms with Crippen LogP contribution in [0.3, 0.4) is 0 Å². The largest absolute Gasteiger partial charge is 0.508 e. The van der Waals surface area contributed by atoms with Crippen LogP contribution in [0.15, 0.2) is 24.3 Å². The number of amides is 1. The summed E-state index contributed by atoms with van der Waals surface area (Å²) in [5, 5.41) is 15.4. The van der Waals surface area contributed by atoms with Gasteiger partial charge in [0, 0.05) is 12.6 Å². The van der Waals surface area contributed by atoms with E-state index in [0.717, 1.165) is 25.1 Å². The van der Waals surface area contributed by atoms with Crippen LogP contribution in [0.4, 0.5) is 0 Å². The third-order valence-electron chi connectivity index (χ3n) is 2.70. The Hall–Kier alpha value is -1.55. The van der Waals surface area contributed by atoms with Crippen molar-refractivity contribution in [2.45, 2.75) is 18.9 Å². The second-order valence-electron chi connectivity index (χ2n) is 4.10. The first-order chi connectivity index (χ1) is 7.74. The number of hydrogen-bond acceptors (Lipinski definition) is 3. The number of aromatic hydroxyl groups is 1. The van der Waals surface area contributed by atoms with E-state index in [2.05, 4.69) is 10.6 Å². The third kappa shape index (κ3) is 2.97. The minimum atomic E-state index is 0.0132. The Bertz CT molecular complexity index is 373. The van der Waals surface area contributed by atoms with Gasteiger partial charge in [0.25, 0.3) is 0 Å². The second-order valence-corrected chi connectivity index (χ2v) is 4.10. The lowest BCUT2D eigenvalue weighted by atomic mass is 10.1. The quantitative estimate of drug-likeness (QED) is 0.691. The van der Waals surface area contributed by atoms with Gasteiger partial charge in [-0.15, -0.1) is 0 Å². The number of phenols is 1. The zero-order chi connectivity index (χ0) is 11.4. The average Bonchev–Trinajstić information content (AvgIpc) is 2.70. The van der Waals surface area contributed by atoms with E-state index >= 15 is 0 Å². The van der Waals surface area contributed by atoms with E-state index in [1.165, 1.54) is 0 Å². The molecule has 1 aromatic rings. The monoisotopic (exact) mass is 220 g/mol.